The molecule has 0 spiro atoms. The van der Waals surface area contributed by atoms with Gasteiger partial charge in [0, 0.05) is 6.42 Å². The molecule has 2 heterocycles. The molecule has 1 atom stereocenters. The Morgan fingerprint density at radius 1 is 1.41 bits per heavy atom. The summed E-state index contributed by atoms with van der Waals surface area (Å²) in [5, 5.41) is 8.97. The molecular formula is C13H11F3N4O2. The van der Waals surface area contributed by atoms with Gasteiger partial charge in [0.05, 0.1) is 6.20 Å². The molecule has 22 heavy (non-hydrogen) atoms. The average molecular weight is 312 g/mol. The van der Waals surface area contributed by atoms with Crippen molar-refractivity contribution in [2.75, 3.05) is 6.54 Å². The minimum Gasteiger partial charge on any atom is -0.463 e. The van der Waals surface area contributed by atoms with Crippen molar-refractivity contribution in [1.29, 1.82) is 5.26 Å². The summed E-state index contributed by atoms with van der Waals surface area (Å²) in [6.45, 7) is 0.188. The minimum absolute atomic E-state index is 0.124. The van der Waals surface area contributed by atoms with Crippen molar-refractivity contribution in [2.24, 2.45) is 5.73 Å². The number of aromatic nitrogens is 2. The first-order valence-corrected chi connectivity index (χ1v) is 6.20. The zero-order valence-corrected chi connectivity index (χ0v) is 11.2. The lowest BCUT2D eigenvalue weighted by Gasteiger charge is -2.16. The van der Waals surface area contributed by atoms with Gasteiger partial charge in [-0.1, -0.05) is 0 Å². The second-order valence-corrected chi connectivity index (χ2v) is 4.21. The molecule has 0 radical (unpaired) electrons. The molecule has 2 N–H and O–H groups in total. The zero-order chi connectivity index (χ0) is 16.2. The van der Waals surface area contributed by atoms with Gasteiger partial charge in [0.15, 0.2) is 6.10 Å². The Morgan fingerprint density at radius 3 is 2.73 bits per heavy atom. The van der Waals surface area contributed by atoms with E-state index in [1.807, 2.05) is 0 Å². The summed E-state index contributed by atoms with van der Waals surface area (Å²) in [4.78, 5) is 7.24. The van der Waals surface area contributed by atoms with E-state index in [9.17, 15) is 13.2 Å². The maximum absolute atomic E-state index is 12.7. The number of pyridine rings is 1. The Morgan fingerprint density at radius 2 is 2.18 bits per heavy atom. The molecule has 0 saturated heterocycles. The highest BCUT2D eigenvalue weighted by Crippen LogP contribution is 2.31. The number of hydrogen-bond donors (Lipinski definition) is 1. The van der Waals surface area contributed by atoms with Crippen LogP contribution in [0.2, 0.25) is 0 Å². The number of rotatable bonds is 5. The number of nitrogens with zero attached hydrogens (tertiary/aromatic N) is 3. The van der Waals surface area contributed by atoms with Crippen LogP contribution in [0.3, 0.4) is 0 Å². The van der Waals surface area contributed by atoms with Gasteiger partial charge in [-0.2, -0.15) is 18.4 Å². The standard InChI is InChI=1S/C13H11F3N4O2/c14-13(15,16)10-2-1-8(7-18)11(20-10)22-9(3-4-17)12-19-5-6-21-12/h1-2,5-6,9H,3-4,17H2/t9-/m1/s1. The third kappa shape index (κ3) is 3.53. The van der Waals surface area contributed by atoms with Gasteiger partial charge in [-0.25, -0.2) is 9.97 Å². The number of hydrogen-bond acceptors (Lipinski definition) is 6. The Balaban J connectivity index is 2.35. The van der Waals surface area contributed by atoms with Gasteiger partial charge in [0.1, 0.15) is 23.6 Å². The van der Waals surface area contributed by atoms with E-state index in [1.165, 1.54) is 12.5 Å². The number of nitriles is 1. The van der Waals surface area contributed by atoms with E-state index in [2.05, 4.69) is 9.97 Å². The van der Waals surface area contributed by atoms with Crippen LogP contribution >= 0.6 is 0 Å². The molecule has 0 fully saturated rings. The van der Waals surface area contributed by atoms with Crippen LogP contribution in [0.5, 0.6) is 5.88 Å². The molecule has 0 aliphatic carbocycles. The van der Waals surface area contributed by atoms with E-state index in [0.717, 1.165) is 6.07 Å². The lowest BCUT2D eigenvalue weighted by Crippen LogP contribution is -2.16. The van der Waals surface area contributed by atoms with Crippen molar-refractivity contribution in [3.63, 3.8) is 0 Å². The zero-order valence-electron chi connectivity index (χ0n) is 11.2. The molecule has 0 aliphatic heterocycles. The highest BCUT2D eigenvalue weighted by atomic mass is 19.4. The quantitative estimate of drug-likeness (QED) is 0.910. The fourth-order valence-electron chi connectivity index (χ4n) is 1.69. The van der Waals surface area contributed by atoms with Gasteiger partial charge in [-0.05, 0) is 18.7 Å². The second kappa shape index (κ2) is 6.44. The molecule has 6 nitrogen and oxygen atoms in total. The molecule has 0 saturated carbocycles. The average Bonchev–Trinajstić information content (AvgIpc) is 3.00. The number of ether oxygens (including phenoxy) is 1. The monoisotopic (exact) mass is 312 g/mol. The molecule has 116 valence electrons. The third-order valence-corrected chi connectivity index (χ3v) is 2.68. The van der Waals surface area contributed by atoms with Crippen LogP contribution in [0.1, 0.15) is 29.7 Å². The molecule has 0 aliphatic rings. The lowest BCUT2D eigenvalue weighted by molar-refractivity contribution is -0.141. The van der Waals surface area contributed by atoms with E-state index >= 15 is 0 Å². The molecule has 0 amide bonds. The Labute approximate surface area is 123 Å². The fourth-order valence-corrected chi connectivity index (χ4v) is 1.69. The van der Waals surface area contributed by atoms with Gasteiger partial charge in [-0.15, -0.1) is 0 Å². The first kappa shape index (κ1) is 15.8. The number of oxazole rings is 1. The SMILES string of the molecule is N#Cc1ccc(C(F)(F)F)nc1O[C@H](CCN)c1ncco1. The number of nitrogens with two attached hydrogens (primary N) is 1. The van der Waals surface area contributed by atoms with E-state index in [4.69, 9.17) is 20.1 Å². The molecule has 2 aromatic heterocycles. The molecule has 0 aromatic carbocycles. The summed E-state index contributed by atoms with van der Waals surface area (Å²) in [6.07, 6.45) is -2.56. The summed E-state index contributed by atoms with van der Waals surface area (Å²) >= 11 is 0. The molecule has 0 unspecified atom stereocenters. The normalized spacial score (nSPS) is 12.7. The Hall–Kier alpha value is -2.60. The van der Waals surface area contributed by atoms with E-state index in [0.29, 0.717) is 6.07 Å². The topological polar surface area (TPSA) is 98.0 Å². The van der Waals surface area contributed by atoms with Crippen LogP contribution in [0.25, 0.3) is 0 Å². The highest BCUT2D eigenvalue weighted by molar-refractivity contribution is 5.39. The lowest BCUT2D eigenvalue weighted by atomic mass is 10.2. The smallest absolute Gasteiger partial charge is 0.433 e. The summed E-state index contributed by atoms with van der Waals surface area (Å²) in [5.74, 6) is -0.289. The largest absolute Gasteiger partial charge is 0.463 e. The van der Waals surface area contributed by atoms with Gasteiger partial charge in [0.2, 0.25) is 11.8 Å². The van der Waals surface area contributed by atoms with Crippen molar-refractivity contribution in [2.45, 2.75) is 18.7 Å². The van der Waals surface area contributed by atoms with E-state index in [1.54, 1.807) is 6.07 Å². The summed E-state index contributed by atoms with van der Waals surface area (Å²) < 4.78 is 48.6. The van der Waals surface area contributed by atoms with Crippen LogP contribution in [0.4, 0.5) is 13.2 Å². The van der Waals surface area contributed by atoms with Gasteiger partial charge < -0.3 is 14.9 Å². The molecule has 0 bridgehead atoms. The summed E-state index contributed by atoms with van der Waals surface area (Å²) in [6, 6.07) is 3.45. The van der Waals surface area contributed by atoms with Crippen molar-refractivity contribution in [3.8, 4) is 11.9 Å². The molecule has 9 heteroatoms. The molecule has 2 rings (SSSR count). The van der Waals surface area contributed by atoms with Gasteiger partial charge >= 0.3 is 6.18 Å². The number of halogens is 3. The van der Waals surface area contributed by atoms with Gasteiger partial charge in [0.25, 0.3) is 0 Å². The fraction of sp³-hybridized carbons (Fsp3) is 0.308. The van der Waals surface area contributed by atoms with Crippen LogP contribution < -0.4 is 10.5 Å². The maximum atomic E-state index is 12.7. The van der Waals surface area contributed by atoms with Crippen LogP contribution in [0, 0.1) is 11.3 Å². The van der Waals surface area contributed by atoms with Crippen LogP contribution in [-0.4, -0.2) is 16.5 Å². The van der Waals surface area contributed by atoms with Crippen molar-refractivity contribution in [3.05, 3.63) is 41.7 Å². The number of alkyl halides is 3. The van der Waals surface area contributed by atoms with Crippen molar-refractivity contribution >= 4 is 0 Å². The first-order chi connectivity index (χ1) is 10.5. The third-order valence-electron chi connectivity index (χ3n) is 2.68. The second-order valence-electron chi connectivity index (χ2n) is 4.21. The van der Waals surface area contributed by atoms with Crippen molar-refractivity contribution < 1.29 is 22.3 Å². The van der Waals surface area contributed by atoms with Crippen LogP contribution in [0.15, 0.2) is 29.0 Å². The van der Waals surface area contributed by atoms with E-state index in [-0.39, 0.29) is 24.4 Å². The predicted molar refractivity (Wildman–Crippen MR) is 67.5 cm³/mol. The summed E-state index contributed by atoms with van der Waals surface area (Å²) in [5.41, 5.74) is 4.17. The highest BCUT2D eigenvalue weighted by Gasteiger charge is 2.34. The predicted octanol–water partition coefficient (Wildman–Crippen LogP) is 2.43. The van der Waals surface area contributed by atoms with Crippen LogP contribution in [-0.2, 0) is 6.18 Å². The summed E-state index contributed by atoms with van der Waals surface area (Å²) in [7, 11) is 0. The molecular weight excluding hydrogens is 301 g/mol. The van der Waals surface area contributed by atoms with Crippen molar-refractivity contribution in [1.82, 2.24) is 9.97 Å². The minimum atomic E-state index is -4.64. The van der Waals surface area contributed by atoms with Gasteiger partial charge in [-0.3, -0.25) is 0 Å². The Kier molecular flexibility index (Phi) is 4.62. The first-order valence-electron chi connectivity index (χ1n) is 6.20. The Bertz CT molecular complexity index is 665. The maximum Gasteiger partial charge on any atom is 0.433 e. The van der Waals surface area contributed by atoms with E-state index < -0.39 is 23.9 Å². The molecule has 2 aromatic rings.